The number of halogens is 34. The summed E-state index contributed by atoms with van der Waals surface area (Å²) in [6.45, 7) is 8.02. The van der Waals surface area contributed by atoms with Gasteiger partial charge < -0.3 is 0 Å². The molecule has 0 aliphatic heterocycles. The maximum absolute atomic E-state index is 14.7. The molecule has 404 valence electrons. The van der Waals surface area contributed by atoms with Crippen LogP contribution >= 0.6 is 0 Å². The van der Waals surface area contributed by atoms with E-state index in [1.807, 2.05) is 0 Å². The number of rotatable bonds is 22. The molecule has 0 aromatic carbocycles. The van der Waals surface area contributed by atoms with Gasteiger partial charge in [0.05, 0.1) is 16.1 Å². The smallest absolute Gasteiger partial charge is 0.200 e. The van der Waals surface area contributed by atoms with Crippen molar-refractivity contribution >= 4 is 16.1 Å². The molecule has 0 nitrogen and oxygen atoms in total. The van der Waals surface area contributed by atoms with Gasteiger partial charge in [0.25, 0.3) is 0 Å². The highest BCUT2D eigenvalue weighted by Gasteiger charge is 2.97. The van der Waals surface area contributed by atoms with Crippen LogP contribution < -0.4 is 0 Å². The molecule has 0 saturated carbocycles. The van der Waals surface area contributed by atoms with Crippen molar-refractivity contribution in [1.82, 2.24) is 0 Å². The molecule has 0 heterocycles. The van der Waals surface area contributed by atoms with Crippen molar-refractivity contribution in [2.45, 2.75) is 173 Å². The van der Waals surface area contributed by atoms with Crippen LogP contribution in [0, 0.1) is 0 Å². The summed E-state index contributed by atoms with van der Waals surface area (Å²) in [5, 5.41) is -0.0405. The molecule has 0 unspecified atom stereocenters. The normalized spacial score (nSPS) is 17.6. The summed E-state index contributed by atoms with van der Waals surface area (Å²) in [7, 11) is -6.24. The summed E-state index contributed by atoms with van der Waals surface area (Å²) >= 11 is 0. The molecule has 0 saturated heterocycles. The summed E-state index contributed by atoms with van der Waals surface area (Å²) in [6, 6.07) is 0. The van der Waals surface area contributed by atoms with Crippen molar-refractivity contribution in [2.75, 3.05) is 0 Å². The molecule has 1 aliphatic rings. The van der Waals surface area contributed by atoms with Crippen LogP contribution in [0.1, 0.15) is 38.5 Å². The van der Waals surface area contributed by atoms with Crippen LogP contribution in [0.2, 0.25) is 39.3 Å². The zero-order valence-electron chi connectivity index (χ0n) is 34.1. The monoisotopic (exact) mass is 1120 g/mol. The lowest BCUT2D eigenvalue weighted by atomic mass is 9.85. The van der Waals surface area contributed by atoms with Crippen molar-refractivity contribution in [1.29, 1.82) is 0 Å². The molecule has 0 amide bonds. The van der Waals surface area contributed by atoms with E-state index >= 15 is 0 Å². The highest BCUT2D eigenvalue weighted by atomic mass is 28.3. The van der Waals surface area contributed by atoms with Crippen LogP contribution in [-0.4, -0.2) is 111 Å². The van der Waals surface area contributed by atoms with Gasteiger partial charge in [-0.05, 0) is 36.8 Å². The molecular weight excluding hydrogens is 1090 g/mol. The first-order valence-corrected chi connectivity index (χ1v) is 24.8. The Morgan fingerprint density at radius 1 is 0.250 bits per heavy atom. The third-order valence-corrected chi connectivity index (χ3v) is 14.5. The maximum Gasteiger partial charge on any atom is 0.460 e. The standard InChI is InChI=1S/C32H30F34Si2/c1-67(2,3)15-13(9-7-11-17(33,34)19(37,38)21(41,42)23(45,46)25(49,50)27(53,54)29(57,58)31(61,62)63)14(16(15)68(4,5)6)10-8-12-18(35,36)20(39,40)22(43,44)24(47,48)26(51,52)28(55,56)30(59,60)32(64,65)66/h7-12H2,1-6H3. The average molecular weight is 1120 g/mol. The Balaban J connectivity index is 3.72. The molecule has 36 heteroatoms. The van der Waals surface area contributed by atoms with Gasteiger partial charge in [0.2, 0.25) is 0 Å². The summed E-state index contributed by atoms with van der Waals surface area (Å²) in [4.78, 5) is 0. The number of allylic oxidation sites excluding steroid dienone is 4. The quantitative estimate of drug-likeness (QED) is 0.0749. The summed E-state index contributed by atoms with van der Waals surface area (Å²) in [5.74, 6) is -118. The summed E-state index contributed by atoms with van der Waals surface area (Å²) in [6.07, 6.45) is -28.4. The van der Waals surface area contributed by atoms with Crippen molar-refractivity contribution < 1.29 is 149 Å². The van der Waals surface area contributed by atoms with Crippen LogP contribution in [0.4, 0.5) is 149 Å². The fourth-order valence-corrected chi connectivity index (χ4v) is 12.8. The third kappa shape index (κ3) is 9.07. The van der Waals surface area contributed by atoms with Gasteiger partial charge in [-0.1, -0.05) is 49.7 Å². The van der Waals surface area contributed by atoms with E-state index in [0.717, 1.165) is 0 Å². The van der Waals surface area contributed by atoms with Gasteiger partial charge in [0, 0.05) is 12.8 Å². The van der Waals surface area contributed by atoms with Gasteiger partial charge in [-0.3, -0.25) is 0 Å². The van der Waals surface area contributed by atoms with Crippen LogP contribution in [0.3, 0.4) is 0 Å². The molecule has 0 fully saturated rings. The van der Waals surface area contributed by atoms with Gasteiger partial charge in [-0.2, -0.15) is 149 Å². The molecule has 0 bridgehead atoms. The van der Waals surface area contributed by atoms with Crippen LogP contribution in [0.15, 0.2) is 21.5 Å². The van der Waals surface area contributed by atoms with Crippen LogP contribution in [0.25, 0.3) is 0 Å². The molecule has 0 radical (unpaired) electrons. The predicted octanol–water partition coefficient (Wildman–Crippen LogP) is 16.7. The second kappa shape index (κ2) is 17.1. The van der Waals surface area contributed by atoms with Crippen LogP contribution in [-0.2, 0) is 0 Å². The van der Waals surface area contributed by atoms with Crippen molar-refractivity contribution in [3.8, 4) is 0 Å². The topological polar surface area (TPSA) is 0 Å². The molecule has 1 rings (SSSR count). The molecule has 0 N–H and O–H groups in total. The van der Waals surface area contributed by atoms with Gasteiger partial charge in [0.15, 0.2) is 0 Å². The molecule has 68 heavy (non-hydrogen) atoms. The highest BCUT2D eigenvalue weighted by Crippen LogP contribution is 2.67. The minimum atomic E-state index is -8.94. The minimum absolute atomic E-state index is 0.0202. The van der Waals surface area contributed by atoms with E-state index in [2.05, 4.69) is 0 Å². The lowest BCUT2D eigenvalue weighted by Crippen LogP contribution is -2.74. The minimum Gasteiger partial charge on any atom is -0.200 e. The first kappa shape index (κ1) is 63.5. The molecule has 0 aromatic rings. The third-order valence-electron chi connectivity index (χ3n) is 10.1. The van der Waals surface area contributed by atoms with Crippen molar-refractivity contribution in [3.63, 3.8) is 0 Å². The highest BCUT2D eigenvalue weighted by molar-refractivity contribution is 6.91. The van der Waals surface area contributed by atoms with E-state index in [0.29, 0.717) is 0 Å². The second-order valence-electron chi connectivity index (χ2n) is 17.2. The average Bonchev–Trinajstić information content (AvgIpc) is 3.07. The van der Waals surface area contributed by atoms with E-state index in [1.165, 1.54) is 39.3 Å². The molecular formula is C32H30F34Si2. The summed E-state index contributed by atoms with van der Waals surface area (Å²) in [5.41, 5.74) is -1.12. The Morgan fingerprint density at radius 2 is 0.412 bits per heavy atom. The fraction of sp³-hybridized carbons (Fsp3) is 0.875. The summed E-state index contributed by atoms with van der Waals surface area (Å²) < 4.78 is 466. The van der Waals surface area contributed by atoms with Crippen LogP contribution in [0.5, 0.6) is 0 Å². The second-order valence-corrected chi connectivity index (χ2v) is 27.2. The first-order valence-electron chi connectivity index (χ1n) is 17.8. The molecule has 0 atom stereocenters. The van der Waals surface area contributed by atoms with Crippen molar-refractivity contribution in [2.24, 2.45) is 0 Å². The Hall–Kier alpha value is -2.47. The van der Waals surface area contributed by atoms with Gasteiger partial charge >= 0.3 is 95.3 Å². The zero-order valence-corrected chi connectivity index (χ0v) is 36.1. The Labute approximate surface area is 360 Å². The maximum atomic E-state index is 14.7. The van der Waals surface area contributed by atoms with Gasteiger partial charge in [0.1, 0.15) is 0 Å². The first-order chi connectivity index (χ1) is 28.9. The zero-order chi connectivity index (χ0) is 55.6. The van der Waals surface area contributed by atoms with E-state index in [1.54, 1.807) is 0 Å². The lowest BCUT2D eigenvalue weighted by Gasteiger charge is -2.44. The Morgan fingerprint density at radius 3 is 0.574 bits per heavy atom. The largest absolute Gasteiger partial charge is 0.460 e. The lowest BCUT2D eigenvalue weighted by molar-refractivity contribution is -0.461. The van der Waals surface area contributed by atoms with E-state index in [-0.39, 0.29) is 10.4 Å². The number of hydrogen-bond acceptors (Lipinski definition) is 0. The SMILES string of the molecule is C[Si](C)(C)C1=C([Si](C)(C)C)C(CCCC(F)(F)C(F)(F)C(F)(F)C(F)(F)C(F)(F)C(F)(F)C(F)(F)C(F)(F)F)=C1CCCC(F)(F)C(F)(F)C(F)(F)C(F)(F)C(F)(F)C(F)(F)C(F)(F)C(F)(F)F. The van der Waals surface area contributed by atoms with E-state index in [4.69, 9.17) is 0 Å². The fourth-order valence-electron chi connectivity index (χ4n) is 6.43. The number of alkyl halides is 34. The van der Waals surface area contributed by atoms with E-state index < -0.39 is 161 Å². The molecule has 1 aliphatic carbocycles. The number of hydrogen-bond donors (Lipinski definition) is 0. The predicted molar refractivity (Wildman–Crippen MR) is 170 cm³/mol. The van der Waals surface area contributed by atoms with Crippen molar-refractivity contribution in [3.05, 3.63) is 21.5 Å². The van der Waals surface area contributed by atoms with Gasteiger partial charge in [-0.15, -0.1) is 0 Å². The molecule has 0 aromatic heterocycles. The van der Waals surface area contributed by atoms with E-state index in [9.17, 15) is 149 Å². The Kier molecular flexibility index (Phi) is 16.0. The van der Waals surface area contributed by atoms with Gasteiger partial charge in [-0.25, -0.2) is 0 Å². The molecule has 0 spiro atoms. The Bertz CT molecular complexity index is 1760.